The van der Waals surface area contributed by atoms with Crippen molar-refractivity contribution in [1.82, 2.24) is 9.97 Å². The first-order valence-electron chi connectivity index (χ1n) is 15.9. The molecule has 0 aliphatic carbocycles. The van der Waals surface area contributed by atoms with Gasteiger partial charge in [0.25, 0.3) is 0 Å². The van der Waals surface area contributed by atoms with Crippen LogP contribution in [0, 0.1) is 32.9 Å². The minimum absolute atomic E-state index is 0. The van der Waals surface area contributed by atoms with Gasteiger partial charge in [0.05, 0.1) is 0 Å². The Hall–Kier alpha value is -5.21. The predicted octanol–water partition coefficient (Wildman–Crippen LogP) is 11.7. The van der Waals surface area contributed by atoms with Gasteiger partial charge in [-0.05, 0) is 87.6 Å². The molecule has 0 atom stereocenters. The second kappa shape index (κ2) is 14.7. The van der Waals surface area contributed by atoms with E-state index in [1.165, 1.54) is 54.9 Å². The summed E-state index contributed by atoms with van der Waals surface area (Å²) < 4.78 is 0. The number of fused-ring (bicyclic) bond motifs is 3. The molecule has 0 saturated carbocycles. The summed E-state index contributed by atoms with van der Waals surface area (Å²) >= 11 is 0. The van der Waals surface area contributed by atoms with E-state index in [4.69, 9.17) is 0 Å². The van der Waals surface area contributed by atoms with Crippen molar-refractivity contribution in [3.8, 4) is 44.8 Å². The van der Waals surface area contributed by atoms with Crippen molar-refractivity contribution in [1.29, 1.82) is 0 Å². The van der Waals surface area contributed by atoms with Crippen LogP contribution in [-0.4, -0.2) is 9.97 Å². The first kappa shape index (κ1) is 32.7. The molecule has 6 aromatic carbocycles. The molecular formula is C45H34IrN2-2. The summed E-state index contributed by atoms with van der Waals surface area (Å²) in [7, 11) is 0. The van der Waals surface area contributed by atoms with Gasteiger partial charge in [-0.2, -0.15) is 0 Å². The third-order valence-electron chi connectivity index (χ3n) is 8.59. The van der Waals surface area contributed by atoms with Crippen LogP contribution in [0.5, 0.6) is 0 Å². The Morgan fingerprint density at radius 2 is 1.25 bits per heavy atom. The largest absolute Gasteiger partial charge is 0.305 e. The van der Waals surface area contributed by atoms with E-state index >= 15 is 0 Å². The van der Waals surface area contributed by atoms with Gasteiger partial charge in [-0.25, -0.2) is 0 Å². The number of rotatable bonds is 4. The Bertz CT molecular complexity index is 2290. The zero-order chi connectivity index (χ0) is 32.2. The number of hydrogen-bond donors (Lipinski definition) is 0. The van der Waals surface area contributed by atoms with E-state index in [2.05, 4.69) is 145 Å². The molecule has 0 N–H and O–H groups in total. The number of aromatic nitrogens is 2. The first-order valence-corrected chi connectivity index (χ1v) is 15.9. The Kier molecular flexibility index (Phi) is 10.0. The van der Waals surface area contributed by atoms with E-state index in [9.17, 15) is 0 Å². The predicted molar refractivity (Wildman–Crippen MR) is 197 cm³/mol. The molecule has 1 radical (unpaired) electrons. The normalized spacial score (nSPS) is 10.6. The summed E-state index contributed by atoms with van der Waals surface area (Å²) in [5.74, 6) is 0. The van der Waals surface area contributed by atoms with Crippen LogP contribution in [0.1, 0.15) is 16.7 Å². The fraction of sp³-hybridized carbons (Fsp3) is 0.0667. The Balaban J connectivity index is 0.000000241. The summed E-state index contributed by atoms with van der Waals surface area (Å²) in [6.45, 7) is 6.36. The van der Waals surface area contributed by atoms with Crippen molar-refractivity contribution >= 4 is 21.5 Å². The van der Waals surface area contributed by atoms with E-state index in [-0.39, 0.29) is 20.1 Å². The summed E-state index contributed by atoms with van der Waals surface area (Å²) in [6, 6.07) is 55.2. The van der Waals surface area contributed by atoms with Crippen molar-refractivity contribution in [3.05, 3.63) is 181 Å². The topological polar surface area (TPSA) is 25.8 Å². The molecular weight excluding hydrogens is 761 g/mol. The third kappa shape index (κ3) is 6.89. The number of aryl methyl sites for hydroxylation is 3. The van der Waals surface area contributed by atoms with Crippen LogP contribution < -0.4 is 0 Å². The maximum Gasteiger partial charge on any atom is 0.0190 e. The van der Waals surface area contributed by atoms with Crippen LogP contribution in [0.25, 0.3) is 66.3 Å². The average Bonchev–Trinajstić information content (AvgIpc) is 3.12. The molecule has 0 amide bonds. The fourth-order valence-corrected chi connectivity index (χ4v) is 6.23. The van der Waals surface area contributed by atoms with Crippen LogP contribution in [0.3, 0.4) is 0 Å². The van der Waals surface area contributed by atoms with Gasteiger partial charge in [0, 0.05) is 32.5 Å². The van der Waals surface area contributed by atoms with E-state index in [0.29, 0.717) is 0 Å². The zero-order valence-corrected chi connectivity index (χ0v) is 29.6. The minimum Gasteiger partial charge on any atom is -0.305 e. The monoisotopic (exact) mass is 795 g/mol. The SMILES string of the molecule is Cc1ccc(-c2[c-]cccc2)nc1.Cc1cccc(C)c1-c1ccnc(-c2[c-]cc(-c3cc4ccccc4c4ccccc34)cc2)c1.[Ir]. The van der Waals surface area contributed by atoms with Crippen molar-refractivity contribution in [3.63, 3.8) is 0 Å². The molecule has 8 rings (SSSR count). The molecule has 0 bridgehead atoms. The number of nitrogens with zero attached hydrogens (tertiary/aromatic N) is 2. The smallest absolute Gasteiger partial charge is 0.0190 e. The maximum absolute atomic E-state index is 4.66. The van der Waals surface area contributed by atoms with E-state index < -0.39 is 0 Å². The molecule has 0 unspecified atom stereocenters. The van der Waals surface area contributed by atoms with E-state index in [0.717, 1.165) is 28.1 Å². The second-order valence-electron chi connectivity index (χ2n) is 11.9. The van der Waals surface area contributed by atoms with E-state index in [1.54, 1.807) is 0 Å². The molecule has 0 spiro atoms. The molecule has 8 aromatic rings. The molecule has 0 saturated heterocycles. The van der Waals surface area contributed by atoms with Crippen molar-refractivity contribution in [2.75, 3.05) is 0 Å². The van der Waals surface area contributed by atoms with Gasteiger partial charge in [-0.3, -0.25) is 0 Å². The van der Waals surface area contributed by atoms with Gasteiger partial charge in [0.15, 0.2) is 0 Å². The van der Waals surface area contributed by atoms with Crippen molar-refractivity contribution in [2.45, 2.75) is 20.8 Å². The molecule has 0 aliphatic heterocycles. The van der Waals surface area contributed by atoms with Gasteiger partial charge >= 0.3 is 0 Å². The molecule has 2 nitrogen and oxygen atoms in total. The number of benzene rings is 6. The first-order chi connectivity index (χ1) is 23.0. The van der Waals surface area contributed by atoms with Gasteiger partial charge in [0.2, 0.25) is 0 Å². The Labute approximate surface area is 296 Å². The zero-order valence-electron chi connectivity index (χ0n) is 27.2. The van der Waals surface area contributed by atoms with Gasteiger partial charge < -0.3 is 9.97 Å². The van der Waals surface area contributed by atoms with Crippen molar-refractivity contribution in [2.24, 2.45) is 0 Å². The molecule has 235 valence electrons. The Morgan fingerprint density at radius 1 is 0.521 bits per heavy atom. The Morgan fingerprint density at radius 3 is 1.96 bits per heavy atom. The van der Waals surface area contributed by atoms with Crippen LogP contribution >= 0.6 is 0 Å². The van der Waals surface area contributed by atoms with E-state index in [1.807, 2.05) is 49.6 Å². The van der Waals surface area contributed by atoms with Crippen LogP contribution in [0.4, 0.5) is 0 Å². The van der Waals surface area contributed by atoms with Crippen molar-refractivity contribution < 1.29 is 20.1 Å². The molecule has 2 aromatic heterocycles. The quantitative estimate of drug-likeness (QED) is 0.131. The molecule has 48 heavy (non-hydrogen) atoms. The van der Waals surface area contributed by atoms with Crippen LogP contribution in [-0.2, 0) is 20.1 Å². The minimum atomic E-state index is 0. The van der Waals surface area contributed by atoms with Crippen LogP contribution in [0.2, 0.25) is 0 Å². The standard InChI is InChI=1S/C33H24N.C12H10N.Ir/c1-22-8-7-9-23(2)33(22)27-18-19-34-32(21-27)25-16-14-24(15-17-25)31-20-26-10-3-4-11-28(26)29-12-5-6-13-30(29)31;1-10-7-8-12(13-9-10)11-5-3-2-4-6-11;/h3-16,18-21H,1-2H3;2-5,7-9H,1H3;/q2*-1;. The maximum atomic E-state index is 4.66. The number of hydrogen-bond acceptors (Lipinski definition) is 2. The third-order valence-corrected chi connectivity index (χ3v) is 8.59. The van der Waals surface area contributed by atoms with Gasteiger partial charge in [-0.1, -0.05) is 102 Å². The molecule has 3 heteroatoms. The fourth-order valence-electron chi connectivity index (χ4n) is 6.23. The summed E-state index contributed by atoms with van der Waals surface area (Å²) in [5, 5.41) is 5.08. The molecule has 0 aliphatic rings. The van der Waals surface area contributed by atoms with Gasteiger partial charge in [-0.15, -0.1) is 65.7 Å². The molecule has 2 heterocycles. The number of pyridine rings is 2. The summed E-state index contributed by atoms with van der Waals surface area (Å²) in [5.41, 5.74) is 12.6. The average molecular weight is 795 g/mol. The second-order valence-corrected chi connectivity index (χ2v) is 11.9. The molecule has 0 fully saturated rings. The van der Waals surface area contributed by atoms with Gasteiger partial charge in [0.1, 0.15) is 0 Å². The van der Waals surface area contributed by atoms with Crippen LogP contribution in [0.15, 0.2) is 152 Å². The summed E-state index contributed by atoms with van der Waals surface area (Å²) in [6.07, 6.45) is 3.77. The summed E-state index contributed by atoms with van der Waals surface area (Å²) in [4.78, 5) is 8.97.